The van der Waals surface area contributed by atoms with Gasteiger partial charge in [0.1, 0.15) is 17.3 Å². The number of amides is 1. The molecule has 0 unspecified atom stereocenters. The van der Waals surface area contributed by atoms with Crippen LogP contribution in [-0.4, -0.2) is 32.3 Å². The molecular weight excluding hydrogens is 426 g/mol. The molecule has 0 aliphatic rings. The van der Waals surface area contributed by atoms with Crippen LogP contribution in [0.15, 0.2) is 58.7 Å². The molecule has 0 saturated heterocycles. The van der Waals surface area contributed by atoms with Crippen molar-refractivity contribution in [3.8, 4) is 22.3 Å². The lowest BCUT2D eigenvalue weighted by atomic mass is 10.1. The molecule has 0 aliphatic heterocycles. The van der Waals surface area contributed by atoms with E-state index in [2.05, 4.69) is 20.4 Å². The molecule has 1 aromatic carbocycles. The van der Waals surface area contributed by atoms with Gasteiger partial charge in [0.15, 0.2) is 6.61 Å². The lowest BCUT2D eigenvalue weighted by molar-refractivity contribution is -0.118. The first-order valence-corrected chi connectivity index (χ1v) is 11.0. The minimum atomic E-state index is -0.354. The lowest BCUT2D eigenvalue weighted by Gasteiger charge is -2.11. The summed E-state index contributed by atoms with van der Waals surface area (Å²) in [4.78, 5) is 33.0. The fourth-order valence-electron chi connectivity index (χ4n) is 3.07. The molecule has 0 fully saturated rings. The van der Waals surface area contributed by atoms with Gasteiger partial charge in [-0.3, -0.25) is 14.6 Å². The number of rotatable bonds is 7. The molecule has 0 atom stereocenters. The van der Waals surface area contributed by atoms with Gasteiger partial charge in [0.2, 0.25) is 5.95 Å². The average Bonchev–Trinajstić information content (AvgIpc) is 3.42. The number of nitrogens with zero attached hydrogens (tertiary/aromatic N) is 3. The Hall–Kier alpha value is -3.72. The minimum absolute atomic E-state index is 0.0594. The van der Waals surface area contributed by atoms with Gasteiger partial charge in [-0.2, -0.15) is 9.78 Å². The zero-order chi connectivity index (χ0) is 22.7. The predicted octanol–water partition coefficient (Wildman–Crippen LogP) is 4.13. The summed E-state index contributed by atoms with van der Waals surface area (Å²) in [5.74, 6) is 0.940. The van der Waals surface area contributed by atoms with Crippen molar-refractivity contribution in [3.63, 3.8) is 0 Å². The molecule has 3 aromatic heterocycles. The first kappa shape index (κ1) is 21.5. The van der Waals surface area contributed by atoms with Gasteiger partial charge in [0.05, 0.1) is 10.6 Å². The predicted molar refractivity (Wildman–Crippen MR) is 125 cm³/mol. The summed E-state index contributed by atoms with van der Waals surface area (Å²) in [6.07, 6.45) is 0. The molecule has 2 N–H and O–H groups in total. The van der Waals surface area contributed by atoms with Crippen molar-refractivity contribution < 1.29 is 9.53 Å². The van der Waals surface area contributed by atoms with E-state index in [1.165, 1.54) is 22.1 Å². The van der Waals surface area contributed by atoms with Crippen molar-refractivity contribution in [2.75, 3.05) is 11.9 Å². The number of aromatic amines is 1. The third-order valence-electron chi connectivity index (χ3n) is 4.65. The Morgan fingerprint density at radius 2 is 2.06 bits per heavy atom. The molecule has 4 rings (SSSR count). The Balaban J connectivity index is 1.63. The lowest BCUT2D eigenvalue weighted by Crippen LogP contribution is -2.23. The summed E-state index contributed by atoms with van der Waals surface area (Å²) >= 11 is 1.53. The van der Waals surface area contributed by atoms with Gasteiger partial charge in [0, 0.05) is 12.1 Å². The Kier molecular flexibility index (Phi) is 6.18. The van der Waals surface area contributed by atoms with Crippen molar-refractivity contribution in [2.24, 2.45) is 0 Å². The molecule has 0 bridgehead atoms. The zero-order valence-electron chi connectivity index (χ0n) is 18.0. The first-order valence-electron chi connectivity index (χ1n) is 10.1. The molecule has 0 spiro atoms. The molecule has 0 saturated carbocycles. The number of aryl methyl sites for hydroxylation is 1. The summed E-state index contributed by atoms with van der Waals surface area (Å²) < 4.78 is 7.04. The van der Waals surface area contributed by atoms with Crippen LogP contribution in [0.5, 0.6) is 5.75 Å². The second-order valence-corrected chi connectivity index (χ2v) is 8.55. The van der Waals surface area contributed by atoms with Gasteiger partial charge in [-0.05, 0) is 42.0 Å². The van der Waals surface area contributed by atoms with E-state index >= 15 is 0 Å². The normalized spacial score (nSPS) is 11.0. The number of H-pyrrole nitrogens is 1. The number of benzene rings is 1. The smallest absolute Gasteiger partial charge is 0.263 e. The SMILES string of the molecule is Cc1cccc(OCC(=O)Nc2cc(-c3cccs3)nn2-c2nc(C(C)C)cc(=O)[nH]2)c1. The highest BCUT2D eigenvalue weighted by molar-refractivity contribution is 7.13. The van der Waals surface area contributed by atoms with E-state index in [0.717, 1.165) is 10.4 Å². The van der Waals surface area contributed by atoms with Gasteiger partial charge < -0.3 is 10.1 Å². The van der Waals surface area contributed by atoms with Crippen LogP contribution in [0.1, 0.15) is 31.0 Å². The number of ether oxygens (including phenoxy) is 1. The van der Waals surface area contributed by atoms with Crippen LogP contribution in [-0.2, 0) is 4.79 Å². The maximum Gasteiger partial charge on any atom is 0.263 e. The third kappa shape index (κ3) is 4.94. The molecule has 3 heterocycles. The topological polar surface area (TPSA) is 102 Å². The fourth-order valence-corrected chi connectivity index (χ4v) is 3.75. The van der Waals surface area contributed by atoms with Crippen molar-refractivity contribution in [2.45, 2.75) is 26.7 Å². The monoisotopic (exact) mass is 449 g/mol. The van der Waals surface area contributed by atoms with Gasteiger partial charge in [-0.15, -0.1) is 11.3 Å². The number of hydrogen-bond donors (Lipinski definition) is 2. The van der Waals surface area contributed by atoms with Gasteiger partial charge in [-0.1, -0.05) is 32.0 Å². The quantitative estimate of drug-likeness (QED) is 0.442. The highest BCUT2D eigenvalue weighted by Crippen LogP contribution is 2.27. The largest absolute Gasteiger partial charge is 0.484 e. The molecular formula is C23H23N5O3S. The van der Waals surface area contributed by atoms with Gasteiger partial charge >= 0.3 is 0 Å². The van der Waals surface area contributed by atoms with E-state index in [1.807, 2.05) is 56.5 Å². The van der Waals surface area contributed by atoms with Crippen molar-refractivity contribution in [3.05, 3.63) is 75.5 Å². The highest BCUT2D eigenvalue weighted by atomic mass is 32.1. The van der Waals surface area contributed by atoms with Crippen molar-refractivity contribution in [1.82, 2.24) is 19.7 Å². The summed E-state index contributed by atoms with van der Waals surface area (Å²) in [5.41, 5.74) is 2.05. The van der Waals surface area contributed by atoms with Crippen molar-refractivity contribution >= 4 is 23.1 Å². The highest BCUT2D eigenvalue weighted by Gasteiger charge is 2.17. The number of anilines is 1. The van der Waals surface area contributed by atoms with Crippen LogP contribution in [0, 0.1) is 6.92 Å². The first-order chi connectivity index (χ1) is 15.4. The van der Waals surface area contributed by atoms with E-state index in [1.54, 1.807) is 12.1 Å². The zero-order valence-corrected chi connectivity index (χ0v) is 18.8. The minimum Gasteiger partial charge on any atom is -0.484 e. The molecule has 8 nitrogen and oxygen atoms in total. The van der Waals surface area contributed by atoms with Crippen LogP contribution in [0.4, 0.5) is 5.82 Å². The maximum atomic E-state index is 12.6. The number of hydrogen-bond acceptors (Lipinski definition) is 6. The summed E-state index contributed by atoms with van der Waals surface area (Å²) in [7, 11) is 0. The molecule has 1 amide bonds. The Morgan fingerprint density at radius 3 is 2.78 bits per heavy atom. The number of thiophene rings is 1. The van der Waals surface area contributed by atoms with Gasteiger partial charge in [0.25, 0.3) is 11.5 Å². The number of nitrogens with one attached hydrogen (secondary N) is 2. The molecule has 0 radical (unpaired) electrons. The van der Waals surface area contributed by atoms with Crippen LogP contribution < -0.4 is 15.6 Å². The molecule has 9 heteroatoms. The second-order valence-electron chi connectivity index (χ2n) is 7.61. The third-order valence-corrected chi connectivity index (χ3v) is 5.54. The van der Waals surface area contributed by atoms with E-state index in [-0.39, 0.29) is 29.9 Å². The number of aromatic nitrogens is 4. The molecule has 32 heavy (non-hydrogen) atoms. The molecule has 164 valence electrons. The summed E-state index contributed by atoms with van der Waals surface area (Å²) in [6.45, 7) is 5.70. The van der Waals surface area contributed by atoms with E-state index in [4.69, 9.17) is 4.74 Å². The van der Waals surface area contributed by atoms with Crippen LogP contribution >= 0.6 is 11.3 Å². The second kappa shape index (κ2) is 9.19. The molecule has 0 aliphatic carbocycles. The van der Waals surface area contributed by atoms with E-state index in [9.17, 15) is 9.59 Å². The van der Waals surface area contributed by atoms with Crippen LogP contribution in [0.2, 0.25) is 0 Å². The Morgan fingerprint density at radius 1 is 1.22 bits per heavy atom. The van der Waals surface area contributed by atoms with Crippen LogP contribution in [0.3, 0.4) is 0 Å². The standard InChI is InChI=1S/C23H23N5O3S/c1-14(2)17-12-21(29)26-23(24-17)28-20(11-18(27-28)19-8-5-9-32-19)25-22(30)13-31-16-7-4-6-15(3)10-16/h4-12,14H,13H2,1-3H3,(H,25,30)(H,24,26,29). The molecule has 4 aromatic rings. The van der Waals surface area contributed by atoms with Crippen LogP contribution in [0.25, 0.3) is 16.5 Å². The summed E-state index contributed by atoms with van der Waals surface area (Å²) in [6, 6.07) is 14.6. The number of carbonyl (C=O) groups is 1. The maximum absolute atomic E-state index is 12.6. The Bertz CT molecular complexity index is 1290. The summed E-state index contributed by atoms with van der Waals surface area (Å²) in [5, 5.41) is 9.36. The van der Waals surface area contributed by atoms with E-state index in [0.29, 0.717) is 23.0 Å². The van der Waals surface area contributed by atoms with Crippen molar-refractivity contribution in [1.29, 1.82) is 0 Å². The van der Waals surface area contributed by atoms with Gasteiger partial charge in [-0.25, -0.2) is 4.98 Å². The Labute approximate surface area is 188 Å². The fraction of sp³-hybridized carbons (Fsp3) is 0.217. The average molecular weight is 450 g/mol. The van der Waals surface area contributed by atoms with E-state index < -0.39 is 0 Å². The number of carbonyl (C=O) groups excluding carboxylic acids is 1.